The fourth-order valence-corrected chi connectivity index (χ4v) is 4.82. The van der Waals surface area contributed by atoms with E-state index in [1.165, 1.54) is 29.5 Å². The van der Waals surface area contributed by atoms with Crippen molar-refractivity contribution in [3.05, 3.63) is 56.6 Å². The molecule has 10 heteroatoms. The first-order chi connectivity index (χ1) is 15.0. The van der Waals surface area contributed by atoms with Crippen LogP contribution in [0, 0.1) is 10.1 Å². The number of hydrogen-bond donors (Lipinski definition) is 2. The topological polar surface area (TPSA) is 117 Å². The molecule has 1 aliphatic carbocycles. The second-order valence-electron chi connectivity index (χ2n) is 7.66. The highest BCUT2D eigenvalue weighted by Crippen LogP contribution is 2.28. The van der Waals surface area contributed by atoms with E-state index in [2.05, 4.69) is 15.6 Å². The molecule has 0 saturated heterocycles. The monoisotopic (exact) mass is 441 g/mol. The van der Waals surface area contributed by atoms with Gasteiger partial charge in [-0.25, -0.2) is 9.78 Å². The SMILES string of the molecule is O=C(Nc1nc2c(s1)CN(C(=O)/C=C/c1ccc([N+](=O)[O-])cc1)CC2)NC1CCCC1. The highest BCUT2D eigenvalue weighted by molar-refractivity contribution is 7.15. The van der Waals surface area contributed by atoms with E-state index in [-0.39, 0.29) is 23.7 Å². The Bertz CT molecular complexity index is 1010. The number of urea groups is 1. The van der Waals surface area contributed by atoms with Crippen LogP contribution in [0.1, 0.15) is 41.8 Å². The van der Waals surface area contributed by atoms with E-state index in [0.717, 1.165) is 36.3 Å². The summed E-state index contributed by atoms with van der Waals surface area (Å²) in [6.45, 7) is 0.996. The van der Waals surface area contributed by atoms with Gasteiger partial charge in [-0.2, -0.15) is 0 Å². The van der Waals surface area contributed by atoms with Gasteiger partial charge in [-0.05, 0) is 36.6 Å². The fourth-order valence-electron chi connectivity index (χ4n) is 3.81. The number of carbonyl (C=O) groups is 2. The molecule has 2 N–H and O–H groups in total. The van der Waals surface area contributed by atoms with E-state index in [1.807, 2.05) is 0 Å². The minimum absolute atomic E-state index is 0.0126. The van der Waals surface area contributed by atoms with Gasteiger partial charge in [0.05, 0.1) is 17.2 Å². The number of benzene rings is 1. The fraction of sp³-hybridized carbons (Fsp3) is 0.381. The largest absolute Gasteiger partial charge is 0.335 e. The Morgan fingerprint density at radius 2 is 1.97 bits per heavy atom. The van der Waals surface area contributed by atoms with Gasteiger partial charge in [0.25, 0.3) is 5.69 Å². The number of aromatic nitrogens is 1. The van der Waals surface area contributed by atoms with Crippen molar-refractivity contribution in [2.24, 2.45) is 0 Å². The van der Waals surface area contributed by atoms with E-state index in [1.54, 1.807) is 23.1 Å². The third kappa shape index (κ3) is 5.26. The number of nitrogens with zero attached hydrogens (tertiary/aromatic N) is 3. The predicted molar refractivity (Wildman–Crippen MR) is 118 cm³/mol. The van der Waals surface area contributed by atoms with E-state index >= 15 is 0 Å². The zero-order valence-corrected chi connectivity index (χ0v) is 17.7. The lowest BCUT2D eigenvalue weighted by atomic mass is 10.1. The molecule has 1 fully saturated rings. The maximum absolute atomic E-state index is 12.6. The van der Waals surface area contributed by atoms with Gasteiger partial charge in [-0.15, -0.1) is 0 Å². The first-order valence-corrected chi connectivity index (χ1v) is 11.1. The first kappa shape index (κ1) is 21.0. The normalized spacial score (nSPS) is 16.3. The molecule has 0 atom stereocenters. The van der Waals surface area contributed by atoms with Crippen LogP contribution >= 0.6 is 11.3 Å². The molecule has 162 valence electrons. The third-order valence-electron chi connectivity index (χ3n) is 5.48. The molecular weight excluding hydrogens is 418 g/mol. The molecule has 1 saturated carbocycles. The van der Waals surface area contributed by atoms with E-state index in [4.69, 9.17) is 0 Å². The highest BCUT2D eigenvalue weighted by atomic mass is 32.1. The molecule has 0 unspecified atom stereocenters. The molecule has 2 aliphatic rings. The Kier molecular flexibility index (Phi) is 6.26. The number of carbonyl (C=O) groups excluding carboxylic acids is 2. The number of rotatable bonds is 5. The van der Waals surface area contributed by atoms with Gasteiger partial charge < -0.3 is 10.2 Å². The van der Waals surface area contributed by atoms with Crippen LogP contribution in [0.4, 0.5) is 15.6 Å². The number of amides is 3. The maximum atomic E-state index is 12.6. The summed E-state index contributed by atoms with van der Waals surface area (Å²) in [7, 11) is 0. The number of nitro groups is 1. The predicted octanol–water partition coefficient (Wildman–Crippen LogP) is 3.71. The van der Waals surface area contributed by atoms with Crippen LogP contribution < -0.4 is 10.6 Å². The standard InChI is InChI=1S/C21H23N5O4S/c27-19(10-7-14-5-8-16(9-6-14)26(29)30)25-12-11-17-18(13-25)31-21(23-17)24-20(28)22-15-3-1-2-4-15/h5-10,15H,1-4,11-13H2,(H2,22,23,24,28)/b10-7+. The Balaban J connectivity index is 1.33. The summed E-state index contributed by atoms with van der Waals surface area (Å²) >= 11 is 1.40. The number of nitrogens with one attached hydrogen (secondary N) is 2. The van der Waals surface area contributed by atoms with Crippen molar-refractivity contribution in [2.45, 2.75) is 44.7 Å². The average Bonchev–Trinajstić information content (AvgIpc) is 3.40. The van der Waals surface area contributed by atoms with Crippen LogP contribution in [0.5, 0.6) is 0 Å². The molecule has 4 rings (SSSR count). The quantitative estimate of drug-likeness (QED) is 0.417. The van der Waals surface area contributed by atoms with Crippen LogP contribution in [0.25, 0.3) is 6.08 Å². The van der Waals surface area contributed by atoms with Gasteiger partial charge in [0.1, 0.15) is 0 Å². The van der Waals surface area contributed by atoms with Gasteiger partial charge in [-0.1, -0.05) is 24.2 Å². The van der Waals surface area contributed by atoms with Gasteiger partial charge in [-0.3, -0.25) is 20.2 Å². The maximum Gasteiger partial charge on any atom is 0.321 e. The molecular formula is C21H23N5O4S. The van der Waals surface area contributed by atoms with Crippen molar-refractivity contribution < 1.29 is 14.5 Å². The molecule has 1 aromatic heterocycles. The van der Waals surface area contributed by atoms with Crippen molar-refractivity contribution >= 4 is 40.2 Å². The number of thiazole rings is 1. The summed E-state index contributed by atoms with van der Waals surface area (Å²) in [4.78, 5) is 42.2. The Labute approximate surface area is 183 Å². The Morgan fingerprint density at radius 1 is 1.23 bits per heavy atom. The van der Waals surface area contributed by atoms with Crippen LogP contribution in [0.3, 0.4) is 0 Å². The number of nitro benzene ring substituents is 1. The van der Waals surface area contributed by atoms with Crippen molar-refractivity contribution in [1.29, 1.82) is 0 Å². The van der Waals surface area contributed by atoms with Gasteiger partial charge in [0, 0.05) is 42.1 Å². The summed E-state index contributed by atoms with van der Waals surface area (Å²) in [5.41, 5.74) is 1.65. The van der Waals surface area contributed by atoms with Crippen LogP contribution in [0.2, 0.25) is 0 Å². The number of non-ortho nitro benzene ring substituents is 1. The minimum Gasteiger partial charge on any atom is -0.335 e. The summed E-state index contributed by atoms with van der Waals surface area (Å²) in [5.74, 6) is -0.133. The number of hydrogen-bond acceptors (Lipinski definition) is 6. The summed E-state index contributed by atoms with van der Waals surface area (Å²) in [6, 6.07) is 6.04. The molecule has 31 heavy (non-hydrogen) atoms. The lowest BCUT2D eigenvalue weighted by molar-refractivity contribution is -0.384. The van der Waals surface area contributed by atoms with Gasteiger partial charge >= 0.3 is 6.03 Å². The van der Waals surface area contributed by atoms with Gasteiger partial charge in [0.2, 0.25) is 5.91 Å². The van der Waals surface area contributed by atoms with Crippen LogP contribution in [-0.4, -0.2) is 39.3 Å². The zero-order valence-electron chi connectivity index (χ0n) is 16.9. The Hall–Kier alpha value is -3.27. The lowest BCUT2D eigenvalue weighted by Crippen LogP contribution is -2.36. The lowest BCUT2D eigenvalue weighted by Gasteiger charge is -2.24. The molecule has 1 aromatic carbocycles. The highest BCUT2D eigenvalue weighted by Gasteiger charge is 2.24. The minimum atomic E-state index is -0.458. The summed E-state index contributed by atoms with van der Waals surface area (Å²) in [6.07, 6.45) is 8.10. The van der Waals surface area contributed by atoms with E-state index in [9.17, 15) is 19.7 Å². The zero-order chi connectivity index (χ0) is 21.8. The molecule has 0 radical (unpaired) electrons. The number of anilines is 1. The van der Waals surface area contributed by atoms with Crippen molar-refractivity contribution in [3.63, 3.8) is 0 Å². The first-order valence-electron chi connectivity index (χ1n) is 10.3. The molecule has 9 nitrogen and oxygen atoms in total. The summed E-state index contributed by atoms with van der Waals surface area (Å²) < 4.78 is 0. The van der Waals surface area contributed by atoms with Gasteiger partial charge in [0.15, 0.2) is 5.13 Å². The van der Waals surface area contributed by atoms with Crippen LogP contribution in [0.15, 0.2) is 30.3 Å². The third-order valence-corrected chi connectivity index (χ3v) is 6.47. The molecule has 0 spiro atoms. The second-order valence-corrected chi connectivity index (χ2v) is 8.74. The van der Waals surface area contributed by atoms with E-state index < -0.39 is 4.92 Å². The Morgan fingerprint density at radius 3 is 2.68 bits per heavy atom. The van der Waals surface area contributed by atoms with E-state index in [0.29, 0.717) is 30.2 Å². The van der Waals surface area contributed by atoms with Crippen molar-refractivity contribution in [2.75, 3.05) is 11.9 Å². The second kappa shape index (κ2) is 9.25. The molecule has 0 bridgehead atoms. The summed E-state index contributed by atoms with van der Waals surface area (Å²) in [5, 5.41) is 17.1. The molecule has 2 heterocycles. The molecule has 1 aliphatic heterocycles. The van der Waals surface area contributed by atoms with Crippen LogP contribution in [-0.2, 0) is 17.8 Å². The van der Waals surface area contributed by atoms with Crippen molar-refractivity contribution in [1.82, 2.24) is 15.2 Å². The number of fused-ring (bicyclic) bond motifs is 1. The average molecular weight is 442 g/mol. The molecule has 2 aromatic rings. The molecule has 3 amide bonds. The van der Waals surface area contributed by atoms with Crippen molar-refractivity contribution in [3.8, 4) is 0 Å². The smallest absolute Gasteiger partial charge is 0.321 e.